The summed E-state index contributed by atoms with van der Waals surface area (Å²) >= 11 is 0. The van der Waals surface area contributed by atoms with Gasteiger partial charge in [-0.3, -0.25) is 5.32 Å². The van der Waals surface area contributed by atoms with Crippen LogP contribution < -0.4 is 5.32 Å². The molecule has 3 nitrogen and oxygen atoms in total. The van der Waals surface area contributed by atoms with Gasteiger partial charge in [-0.25, -0.2) is 4.79 Å². The number of carbonyl (C=O) groups is 1. The molecule has 0 aromatic carbocycles. The summed E-state index contributed by atoms with van der Waals surface area (Å²) in [5, 5.41) is 3.46. The highest BCUT2D eigenvalue weighted by Crippen LogP contribution is 2.28. The highest BCUT2D eigenvalue weighted by molar-refractivity contribution is 5.81. The largest absolute Gasteiger partial charge is 0.444 e. The van der Waals surface area contributed by atoms with E-state index in [0.717, 1.165) is 18.8 Å². The molecule has 18 heavy (non-hydrogen) atoms. The van der Waals surface area contributed by atoms with Gasteiger partial charge in [-0.15, -0.1) is 0 Å². The maximum absolute atomic E-state index is 11.2. The topological polar surface area (TPSA) is 38.3 Å². The minimum Gasteiger partial charge on any atom is -0.444 e. The third-order valence-electron chi connectivity index (χ3n) is 3.73. The van der Waals surface area contributed by atoms with Crippen LogP contribution in [0.1, 0.15) is 58.8 Å². The van der Waals surface area contributed by atoms with Gasteiger partial charge < -0.3 is 4.74 Å². The Hall–Kier alpha value is -0.830. The molecular formula is C15H27NO2. The van der Waals surface area contributed by atoms with Crippen LogP contribution >= 0.6 is 0 Å². The Morgan fingerprint density at radius 1 is 1.44 bits per heavy atom. The quantitative estimate of drug-likeness (QED) is 0.429. The summed E-state index contributed by atoms with van der Waals surface area (Å²) in [7, 11) is 0. The Kier molecular flexibility index (Phi) is 7.02. The average molecular weight is 253 g/mol. The van der Waals surface area contributed by atoms with Crippen LogP contribution in [0.25, 0.3) is 0 Å². The lowest BCUT2D eigenvalue weighted by atomic mass is 9.82. The number of carbonyl (C=O) groups excluding carboxylic acids is 1. The van der Waals surface area contributed by atoms with Crippen molar-refractivity contribution in [2.24, 2.45) is 5.92 Å². The summed E-state index contributed by atoms with van der Waals surface area (Å²) in [5.41, 5.74) is 0. The summed E-state index contributed by atoms with van der Waals surface area (Å²) in [5.74, 6) is 0.387. The molecule has 2 atom stereocenters. The fourth-order valence-corrected chi connectivity index (χ4v) is 2.86. The molecule has 104 valence electrons. The SMILES string of the molecule is C=CC(=O)OC(C)NC(CCC)C1CCCCC1. The molecule has 0 aromatic rings. The second-order valence-electron chi connectivity index (χ2n) is 5.24. The van der Waals surface area contributed by atoms with Gasteiger partial charge in [0.1, 0.15) is 0 Å². The van der Waals surface area contributed by atoms with Crippen molar-refractivity contribution in [1.82, 2.24) is 5.32 Å². The molecule has 0 aliphatic heterocycles. The number of hydrogen-bond acceptors (Lipinski definition) is 3. The van der Waals surface area contributed by atoms with Gasteiger partial charge in [0.2, 0.25) is 0 Å². The first kappa shape index (κ1) is 15.2. The molecule has 0 bridgehead atoms. The van der Waals surface area contributed by atoms with E-state index in [1.54, 1.807) is 0 Å². The van der Waals surface area contributed by atoms with E-state index in [-0.39, 0.29) is 12.2 Å². The molecule has 0 spiro atoms. The average Bonchev–Trinajstić information content (AvgIpc) is 2.39. The Morgan fingerprint density at radius 3 is 2.67 bits per heavy atom. The van der Waals surface area contributed by atoms with Crippen LogP contribution in [0.3, 0.4) is 0 Å². The van der Waals surface area contributed by atoms with Crippen molar-refractivity contribution in [2.45, 2.75) is 71.1 Å². The van der Waals surface area contributed by atoms with Crippen molar-refractivity contribution < 1.29 is 9.53 Å². The zero-order valence-corrected chi connectivity index (χ0v) is 11.8. The zero-order valence-electron chi connectivity index (χ0n) is 11.8. The molecule has 1 fully saturated rings. The van der Waals surface area contributed by atoms with Crippen molar-refractivity contribution >= 4 is 5.97 Å². The summed E-state index contributed by atoms with van der Waals surface area (Å²) in [6, 6.07) is 0.475. The molecule has 0 aromatic heterocycles. The fraction of sp³-hybridized carbons (Fsp3) is 0.800. The van der Waals surface area contributed by atoms with E-state index in [4.69, 9.17) is 4.74 Å². The molecule has 1 saturated carbocycles. The van der Waals surface area contributed by atoms with Crippen molar-refractivity contribution in [3.05, 3.63) is 12.7 Å². The Balaban J connectivity index is 2.44. The van der Waals surface area contributed by atoms with E-state index in [9.17, 15) is 4.79 Å². The van der Waals surface area contributed by atoms with E-state index in [1.165, 1.54) is 38.2 Å². The highest BCUT2D eigenvalue weighted by Gasteiger charge is 2.24. The van der Waals surface area contributed by atoms with Crippen LogP contribution in [0.5, 0.6) is 0 Å². The maximum atomic E-state index is 11.2. The lowest BCUT2D eigenvalue weighted by Gasteiger charge is -2.32. The zero-order chi connectivity index (χ0) is 13.4. The van der Waals surface area contributed by atoms with Crippen LogP contribution in [0.15, 0.2) is 12.7 Å². The van der Waals surface area contributed by atoms with E-state index < -0.39 is 0 Å². The van der Waals surface area contributed by atoms with Gasteiger partial charge in [0, 0.05) is 12.1 Å². The third kappa shape index (κ3) is 5.21. The van der Waals surface area contributed by atoms with Gasteiger partial charge in [0.05, 0.1) is 0 Å². The van der Waals surface area contributed by atoms with E-state index in [2.05, 4.69) is 18.8 Å². The van der Waals surface area contributed by atoms with Crippen molar-refractivity contribution in [2.75, 3.05) is 0 Å². The molecule has 2 unspecified atom stereocenters. The second kappa shape index (κ2) is 8.30. The minimum absolute atomic E-state index is 0.228. The molecule has 1 aliphatic carbocycles. The monoisotopic (exact) mass is 253 g/mol. The van der Waals surface area contributed by atoms with Gasteiger partial charge in [0.15, 0.2) is 6.23 Å². The fourth-order valence-electron chi connectivity index (χ4n) is 2.86. The van der Waals surface area contributed by atoms with Crippen LogP contribution in [0.4, 0.5) is 0 Å². The van der Waals surface area contributed by atoms with E-state index in [0.29, 0.717) is 6.04 Å². The number of rotatable bonds is 7. The highest BCUT2D eigenvalue weighted by atomic mass is 16.6. The first-order chi connectivity index (χ1) is 8.67. The lowest BCUT2D eigenvalue weighted by Crippen LogP contribution is -2.44. The van der Waals surface area contributed by atoms with Crippen LogP contribution in [0.2, 0.25) is 0 Å². The Labute approximate surface area is 111 Å². The van der Waals surface area contributed by atoms with Gasteiger partial charge in [-0.05, 0) is 32.1 Å². The molecule has 0 radical (unpaired) electrons. The van der Waals surface area contributed by atoms with Crippen LogP contribution in [0, 0.1) is 5.92 Å². The Morgan fingerprint density at radius 2 is 2.11 bits per heavy atom. The molecule has 1 rings (SSSR count). The summed E-state index contributed by atoms with van der Waals surface area (Å²) in [6.07, 6.45) is 9.97. The van der Waals surface area contributed by atoms with Crippen LogP contribution in [-0.4, -0.2) is 18.2 Å². The predicted molar refractivity (Wildman–Crippen MR) is 74.2 cm³/mol. The smallest absolute Gasteiger partial charge is 0.331 e. The predicted octanol–water partition coefficient (Wildman–Crippen LogP) is 3.40. The summed E-state index contributed by atoms with van der Waals surface area (Å²) in [6.45, 7) is 7.52. The molecule has 0 amide bonds. The maximum Gasteiger partial charge on any atom is 0.331 e. The standard InChI is InChI=1S/C15H27NO2/c1-4-9-14(13-10-7-6-8-11-13)16-12(3)18-15(17)5-2/h5,12-14,16H,2,4,6-11H2,1,3H3. The van der Waals surface area contributed by atoms with E-state index >= 15 is 0 Å². The first-order valence-electron chi connectivity index (χ1n) is 7.26. The van der Waals surface area contributed by atoms with Gasteiger partial charge in [-0.1, -0.05) is 39.2 Å². The Bertz CT molecular complexity index is 259. The minimum atomic E-state index is -0.353. The van der Waals surface area contributed by atoms with Gasteiger partial charge in [-0.2, -0.15) is 0 Å². The number of esters is 1. The molecular weight excluding hydrogens is 226 g/mol. The summed E-state index contributed by atoms with van der Waals surface area (Å²) in [4.78, 5) is 11.2. The van der Waals surface area contributed by atoms with Gasteiger partial charge in [0.25, 0.3) is 0 Å². The van der Waals surface area contributed by atoms with Crippen molar-refractivity contribution in [3.63, 3.8) is 0 Å². The normalized spacial score (nSPS) is 20.1. The second-order valence-corrected chi connectivity index (χ2v) is 5.24. The van der Waals surface area contributed by atoms with E-state index in [1.807, 2.05) is 6.92 Å². The molecule has 1 N–H and O–H groups in total. The lowest BCUT2D eigenvalue weighted by molar-refractivity contribution is -0.144. The summed E-state index contributed by atoms with van der Waals surface area (Å²) < 4.78 is 5.20. The van der Waals surface area contributed by atoms with Crippen molar-refractivity contribution in [3.8, 4) is 0 Å². The third-order valence-corrected chi connectivity index (χ3v) is 3.73. The molecule has 0 saturated heterocycles. The number of hydrogen-bond donors (Lipinski definition) is 1. The number of ether oxygens (including phenoxy) is 1. The number of nitrogens with one attached hydrogen (secondary N) is 1. The van der Waals surface area contributed by atoms with Gasteiger partial charge >= 0.3 is 5.97 Å². The first-order valence-corrected chi connectivity index (χ1v) is 7.26. The molecule has 3 heteroatoms. The molecule has 1 aliphatic rings. The van der Waals surface area contributed by atoms with Crippen LogP contribution in [-0.2, 0) is 9.53 Å². The molecule has 0 heterocycles. The van der Waals surface area contributed by atoms with Crippen molar-refractivity contribution in [1.29, 1.82) is 0 Å².